The SMILES string of the molecule is CC(O)(COCc1ccccc1)C(C)(C)C(=O)O. The summed E-state index contributed by atoms with van der Waals surface area (Å²) < 4.78 is 5.41. The Morgan fingerprint density at radius 3 is 2.28 bits per heavy atom. The van der Waals surface area contributed by atoms with Crippen LogP contribution in [0.15, 0.2) is 30.3 Å². The molecule has 0 saturated heterocycles. The van der Waals surface area contributed by atoms with Gasteiger partial charge in [0.15, 0.2) is 0 Å². The van der Waals surface area contributed by atoms with Gasteiger partial charge in [-0.3, -0.25) is 4.79 Å². The smallest absolute Gasteiger partial charge is 0.312 e. The number of benzene rings is 1. The van der Waals surface area contributed by atoms with Gasteiger partial charge in [0.1, 0.15) is 5.60 Å². The number of aliphatic hydroxyl groups is 1. The molecular formula is C14H20O4. The molecule has 1 rings (SSSR count). The van der Waals surface area contributed by atoms with Crippen molar-refractivity contribution < 1.29 is 19.7 Å². The van der Waals surface area contributed by atoms with Crippen molar-refractivity contribution in [3.8, 4) is 0 Å². The molecule has 1 unspecified atom stereocenters. The Labute approximate surface area is 107 Å². The molecule has 0 aliphatic heterocycles. The van der Waals surface area contributed by atoms with Crippen molar-refractivity contribution in [2.45, 2.75) is 33.0 Å². The van der Waals surface area contributed by atoms with Gasteiger partial charge in [0.25, 0.3) is 0 Å². The fourth-order valence-electron chi connectivity index (χ4n) is 1.35. The molecule has 1 aromatic rings. The standard InChI is InChI=1S/C14H20O4/c1-13(2,12(15)16)14(3,17)10-18-9-11-7-5-4-6-8-11/h4-8,17H,9-10H2,1-3H3,(H,15,16). The second-order valence-electron chi connectivity index (χ2n) is 5.18. The first kappa shape index (κ1) is 14.7. The molecule has 0 fully saturated rings. The van der Waals surface area contributed by atoms with Crippen molar-refractivity contribution in [2.75, 3.05) is 6.61 Å². The topological polar surface area (TPSA) is 66.8 Å². The molecular weight excluding hydrogens is 232 g/mol. The molecule has 0 heterocycles. The lowest BCUT2D eigenvalue weighted by Gasteiger charge is -2.36. The summed E-state index contributed by atoms with van der Waals surface area (Å²) in [5.41, 5.74) is -1.70. The highest BCUT2D eigenvalue weighted by Crippen LogP contribution is 2.31. The minimum atomic E-state index is -1.42. The van der Waals surface area contributed by atoms with E-state index in [9.17, 15) is 9.90 Å². The summed E-state index contributed by atoms with van der Waals surface area (Å²) in [6, 6.07) is 9.54. The van der Waals surface area contributed by atoms with E-state index in [1.165, 1.54) is 20.8 Å². The minimum absolute atomic E-state index is 0.0266. The van der Waals surface area contributed by atoms with Gasteiger partial charge in [-0.05, 0) is 26.3 Å². The van der Waals surface area contributed by atoms with E-state index < -0.39 is 17.0 Å². The van der Waals surface area contributed by atoms with E-state index in [-0.39, 0.29) is 6.61 Å². The zero-order valence-corrected chi connectivity index (χ0v) is 11.0. The number of carboxylic acid groups (broad SMARTS) is 1. The van der Waals surface area contributed by atoms with Crippen molar-refractivity contribution >= 4 is 5.97 Å². The molecule has 0 aromatic heterocycles. The highest BCUT2D eigenvalue weighted by molar-refractivity contribution is 5.75. The molecule has 0 bridgehead atoms. The first-order valence-electron chi connectivity index (χ1n) is 5.85. The van der Waals surface area contributed by atoms with Crippen LogP contribution < -0.4 is 0 Å². The minimum Gasteiger partial charge on any atom is -0.481 e. The molecule has 0 spiro atoms. The molecule has 1 aromatic carbocycles. The number of aliphatic carboxylic acids is 1. The second-order valence-corrected chi connectivity index (χ2v) is 5.18. The molecule has 0 amide bonds. The summed E-state index contributed by atoms with van der Waals surface area (Å²) in [4.78, 5) is 11.1. The van der Waals surface area contributed by atoms with Crippen LogP contribution in [0, 0.1) is 5.41 Å². The second kappa shape index (κ2) is 5.50. The van der Waals surface area contributed by atoms with Gasteiger partial charge in [-0.25, -0.2) is 0 Å². The van der Waals surface area contributed by atoms with Crippen LogP contribution >= 0.6 is 0 Å². The molecule has 4 heteroatoms. The van der Waals surface area contributed by atoms with E-state index in [0.717, 1.165) is 5.56 Å². The quantitative estimate of drug-likeness (QED) is 0.813. The van der Waals surface area contributed by atoms with Crippen molar-refractivity contribution in [2.24, 2.45) is 5.41 Å². The summed E-state index contributed by atoms with van der Waals surface area (Å²) in [5.74, 6) is -1.05. The van der Waals surface area contributed by atoms with Crippen LogP contribution in [0.1, 0.15) is 26.3 Å². The third-order valence-electron chi connectivity index (χ3n) is 3.38. The van der Waals surface area contributed by atoms with Gasteiger partial charge in [0.05, 0.1) is 18.6 Å². The van der Waals surface area contributed by atoms with Crippen LogP contribution in [-0.4, -0.2) is 28.4 Å². The van der Waals surface area contributed by atoms with Crippen molar-refractivity contribution in [1.29, 1.82) is 0 Å². The average molecular weight is 252 g/mol. The Bertz CT molecular complexity index is 396. The summed E-state index contributed by atoms with van der Waals surface area (Å²) in [6.45, 7) is 4.78. The number of rotatable bonds is 6. The van der Waals surface area contributed by atoms with E-state index >= 15 is 0 Å². The van der Waals surface area contributed by atoms with E-state index in [1.807, 2.05) is 30.3 Å². The maximum absolute atomic E-state index is 11.1. The lowest BCUT2D eigenvalue weighted by Crippen LogP contribution is -2.50. The summed E-state index contributed by atoms with van der Waals surface area (Å²) in [6.07, 6.45) is 0. The van der Waals surface area contributed by atoms with Crippen LogP contribution in [-0.2, 0) is 16.1 Å². The molecule has 100 valence electrons. The van der Waals surface area contributed by atoms with Crippen LogP contribution in [0.2, 0.25) is 0 Å². The van der Waals surface area contributed by atoms with Crippen molar-refractivity contribution in [3.63, 3.8) is 0 Å². The van der Waals surface area contributed by atoms with Crippen LogP contribution in [0.3, 0.4) is 0 Å². The Hall–Kier alpha value is -1.39. The third kappa shape index (κ3) is 3.31. The van der Waals surface area contributed by atoms with E-state index in [4.69, 9.17) is 9.84 Å². The zero-order chi connectivity index (χ0) is 13.8. The van der Waals surface area contributed by atoms with E-state index in [1.54, 1.807) is 0 Å². The number of carbonyl (C=O) groups is 1. The average Bonchev–Trinajstić information content (AvgIpc) is 2.29. The summed E-state index contributed by atoms with van der Waals surface area (Å²) in [7, 11) is 0. The predicted molar refractivity (Wildman–Crippen MR) is 68.1 cm³/mol. The number of hydrogen-bond donors (Lipinski definition) is 2. The molecule has 0 saturated carbocycles. The Morgan fingerprint density at radius 1 is 1.22 bits per heavy atom. The molecule has 2 N–H and O–H groups in total. The monoisotopic (exact) mass is 252 g/mol. The lowest BCUT2D eigenvalue weighted by atomic mass is 9.76. The number of carboxylic acids is 1. The first-order valence-corrected chi connectivity index (χ1v) is 5.85. The van der Waals surface area contributed by atoms with E-state index in [2.05, 4.69) is 0 Å². The molecule has 0 aliphatic carbocycles. The fraction of sp³-hybridized carbons (Fsp3) is 0.500. The Kier molecular flexibility index (Phi) is 4.48. The molecule has 1 atom stereocenters. The number of hydrogen-bond acceptors (Lipinski definition) is 3. The maximum atomic E-state index is 11.1. The Balaban J connectivity index is 2.55. The van der Waals surface area contributed by atoms with Gasteiger partial charge >= 0.3 is 5.97 Å². The highest BCUT2D eigenvalue weighted by atomic mass is 16.5. The molecule has 18 heavy (non-hydrogen) atoms. The van der Waals surface area contributed by atoms with Gasteiger partial charge in [-0.2, -0.15) is 0 Å². The van der Waals surface area contributed by atoms with Gasteiger partial charge < -0.3 is 14.9 Å². The summed E-state index contributed by atoms with van der Waals surface area (Å²) in [5, 5.41) is 19.3. The molecule has 4 nitrogen and oxygen atoms in total. The van der Waals surface area contributed by atoms with E-state index in [0.29, 0.717) is 6.61 Å². The summed E-state index contributed by atoms with van der Waals surface area (Å²) >= 11 is 0. The van der Waals surface area contributed by atoms with Gasteiger partial charge in [0, 0.05) is 0 Å². The Morgan fingerprint density at radius 2 is 1.78 bits per heavy atom. The largest absolute Gasteiger partial charge is 0.481 e. The van der Waals surface area contributed by atoms with Gasteiger partial charge in [0.2, 0.25) is 0 Å². The first-order chi connectivity index (χ1) is 8.27. The van der Waals surface area contributed by atoms with Crippen LogP contribution in [0.25, 0.3) is 0 Å². The van der Waals surface area contributed by atoms with Crippen molar-refractivity contribution in [1.82, 2.24) is 0 Å². The molecule has 0 radical (unpaired) electrons. The predicted octanol–water partition coefficient (Wildman–Crippen LogP) is 2.06. The highest BCUT2D eigenvalue weighted by Gasteiger charge is 2.45. The number of ether oxygens (including phenoxy) is 1. The normalized spacial score (nSPS) is 15.1. The van der Waals surface area contributed by atoms with Gasteiger partial charge in [-0.15, -0.1) is 0 Å². The zero-order valence-electron chi connectivity index (χ0n) is 11.0. The van der Waals surface area contributed by atoms with Crippen molar-refractivity contribution in [3.05, 3.63) is 35.9 Å². The maximum Gasteiger partial charge on any atom is 0.312 e. The van der Waals surface area contributed by atoms with Crippen LogP contribution in [0.4, 0.5) is 0 Å². The third-order valence-corrected chi connectivity index (χ3v) is 3.38. The fourth-order valence-corrected chi connectivity index (χ4v) is 1.35. The van der Waals surface area contributed by atoms with Gasteiger partial charge in [-0.1, -0.05) is 30.3 Å². The molecule has 0 aliphatic rings. The lowest BCUT2D eigenvalue weighted by molar-refractivity contribution is -0.170. The van der Waals surface area contributed by atoms with Crippen LogP contribution in [0.5, 0.6) is 0 Å².